The predicted octanol–water partition coefficient (Wildman–Crippen LogP) is 2.24. The summed E-state index contributed by atoms with van der Waals surface area (Å²) in [4.78, 5) is 24.5. The molecule has 5 heteroatoms. The number of rotatable bonds is 6. The highest BCUT2D eigenvalue weighted by Gasteiger charge is 2.27. The number of aliphatic carboxylic acids is 1. The van der Waals surface area contributed by atoms with Crippen molar-refractivity contribution in [3.63, 3.8) is 0 Å². The van der Waals surface area contributed by atoms with Crippen LogP contribution in [0.2, 0.25) is 0 Å². The minimum absolute atomic E-state index is 0.0741. The van der Waals surface area contributed by atoms with Crippen LogP contribution in [-0.4, -0.2) is 41.1 Å². The van der Waals surface area contributed by atoms with Crippen LogP contribution < -0.4 is 5.32 Å². The van der Waals surface area contributed by atoms with Crippen molar-refractivity contribution in [3.8, 4) is 0 Å². The first-order valence-corrected chi connectivity index (χ1v) is 6.93. The Hall–Kier alpha value is -1.52. The van der Waals surface area contributed by atoms with E-state index in [0.717, 1.165) is 19.3 Å². The Morgan fingerprint density at radius 1 is 1.47 bits per heavy atom. The molecule has 0 aromatic rings. The first-order chi connectivity index (χ1) is 9.04. The first kappa shape index (κ1) is 15.5. The van der Waals surface area contributed by atoms with Gasteiger partial charge in [0, 0.05) is 19.1 Å². The lowest BCUT2D eigenvalue weighted by molar-refractivity contribution is -0.143. The number of carbonyl (C=O) groups is 2. The summed E-state index contributed by atoms with van der Waals surface area (Å²) in [6.45, 7) is 6.72. The van der Waals surface area contributed by atoms with Gasteiger partial charge in [0.15, 0.2) is 0 Å². The van der Waals surface area contributed by atoms with Gasteiger partial charge in [-0.15, -0.1) is 6.58 Å². The summed E-state index contributed by atoms with van der Waals surface area (Å²) in [6, 6.07) is 0.0691. The maximum absolute atomic E-state index is 12.0. The van der Waals surface area contributed by atoms with E-state index in [9.17, 15) is 9.59 Å². The van der Waals surface area contributed by atoms with E-state index in [1.165, 1.54) is 0 Å². The van der Waals surface area contributed by atoms with E-state index in [1.54, 1.807) is 4.90 Å². The van der Waals surface area contributed by atoms with E-state index in [2.05, 4.69) is 11.9 Å². The Morgan fingerprint density at radius 2 is 2.11 bits per heavy atom. The molecule has 108 valence electrons. The molecule has 0 aliphatic carbocycles. The lowest BCUT2D eigenvalue weighted by Crippen LogP contribution is -2.47. The highest BCUT2D eigenvalue weighted by Crippen LogP contribution is 2.17. The second kappa shape index (κ2) is 7.81. The van der Waals surface area contributed by atoms with E-state index in [1.807, 2.05) is 13.0 Å². The molecule has 1 rings (SSSR count). The second-order valence-corrected chi connectivity index (χ2v) is 5.17. The first-order valence-electron chi connectivity index (χ1n) is 6.93. The zero-order valence-corrected chi connectivity index (χ0v) is 11.6. The van der Waals surface area contributed by atoms with Crippen LogP contribution in [0.15, 0.2) is 12.7 Å². The van der Waals surface area contributed by atoms with E-state index in [0.29, 0.717) is 25.9 Å². The van der Waals surface area contributed by atoms with Gasteiger partial charge in [0.2, 0.25) is 0 Å². The summed E-state index contributed by atoms with van der Waals surface area (Å²) in [5, 5.41) is 11.9. The molecule has 1 aliphatic rings. The maximum atomic E-state index is 12.0. The zero-order valence-electron chi connectivity index (χ0n) is 11.6. The molecule has 0 aromatic heterocycles. The van der Waals surface area contributed by atoms with Crippen molar-refractivity contribution in [1.29, 1.82) is 0 Å². The van der Waals surface area contributed by atoms with Gasteiger partial charge < -0.3 is 15.3 Å². The number of amides is 2. The van der Waals surface area contributed by atoms with Crippen molar-refractivity contribution in [2.45, 2.75) is 45.1 Å². The van der Waals surface area contributed by atoms with Crippen LogP contribution in [0.1, 0.15) is 39.0 Å². The Balaban J connectivity index is 2.27. The van der Waals surface area contributed by atoms with Crippen molar-refractivity contribution < 1.29 is 14.7 Å². The number of hydrogen-bond acceptors (Lipinski definition) is 2. The van der Waals surface area contributed by atoms with Crippen molar-refractivity contribution in [2.24, 2.45) is 5.92 Å². The number of carboxylic acid groups (broad SMARTS) is 1. The SMILES string of the molecule is C=CCCCC(C)NC(=O)N1CCC(C(=O)O)CC1. The van der Waals surface area contributed by atoms with Crippen LogP contribution in [0.3, 0.4) is 0 Å². The fraction of sp³-hybridized carbons (Fsp3) is 0.714. The molecule has 1 fully saturated rings. The summed E-state index contributed by atoms with van der Waals surface area (Å²) < 4.78 is 0. The molecule has 0 radical (unpaired) electrons. The van der Waals surface area contributed by atoms with Crippen molar-refractivity contribution >= 4 is 12.0 Å². The number of carbonyl (C=O) groups excluding carboxylic acids is 1. The average Bonchev–Trinajstić information content (AvgIpc) is 2.39. The van der Waals surface area contributed by atoms with Crippen LogP contribution in [0.4, 0.5) is 4.79 Å². The summed E-state index contributed by atoms with van der Waals surface area (Å²) in [7, 11) is 0. The molecular weight excluding hydrogens is 244 g/mol. The zero-order chi connectivity index (χ0) is 14.3. The Kier molecular flexibility index (Phi) is 6.39. The van der Waals surface area contributed by atoms with E-state index >= 15 is 0 Å². The van der Waals surface area contributed by atoms with Gasteiger partial charge in [-0.1, -0.05) is 6.08 Å². The Bertz CT molecular complexity index is 323. The lowest BCUT2D eigenvalue weighted by atomic mass is 9.97. The van der Waals surface area contributed by atoms with Gasteiger partial charge in [-0.05, 0) is 39.0 Å². The van der Waals surface area contributed by atoms with E-state index < -0.39 is 5.97 Å². The van der Waals surface area contributed by atoms with Crippen molar-refractivity contribution in [2.75, 3.05) is 13.1 Å². The molecule has 0 spiro atoms. The topological polar surface area (TPSA) is 69.6 Å². The molecule has 1 heterocycles. The number of nitrogens with zero attached hydrogens (tertiary/aromatic N) is 1. The minimum atomic E-state index is -0.752. The molecule has 1 aliphatic heterocycles. The number of urea groups is 1. The molecular formula is C14H24N2O3. The largest absolute Gasteiger partial charge is 0.481 e. The molecule has 1 atom stereocenters. The van der Waals surface area contributed by atoms with Gasteiger partial charge >= 0.3 is 12.0 Å². The second-order valence-electron chi connectivity index (χ2n) is 5.17. The van der Waals surface area contributed by atoms with Crippen LogP contribution >= 0.6 is 0 Å². The Labute approximate surface area is 114 Å². The van der Waals surface area contributed by atoms with E-state index in [-0.39, 0.29) is 18.0 Å². The number of allylic oxidation sites excluding steroid dienone is 1. The summed E-state index contributed by atoms with van der Waals surface area (Å²) in [5.41, 5.74) is 0. The molecule has 2 N–H and O–H groups in total. The van der Waals surface area contributed by atoms with Crippen LogP contribution in [0.5, 0.6) is 0 Å². The fourth-order valence-corrected chi connectivity index (χ4v) is 2.27. The molecule has 19 heavy (non-hydrogen) atoms. The fourth-order valence-electron chi connectivity index (χ4n) is 2.27. The third-order valence-corrected chi connectivity index (χ3v) is 3.55. The summed E-state index contributed by atoms with van der Waals surface area (Å²) in [5.74, 6) is -1.05. The highest BCUT2D eigenvalue weighted by molar-refractivity contribution is 5.75. The summed E-state index contributed by atoms with van der Waals surface area (Å²) >= 11 is 0. The monoisotopic (exact) mass is 268 g/mol. The van der Waals surface area contributed by atoms with Crippen LogP contribution in [0, 0.1) is 5.92 Å². The minimum Gasteiger partial charge on any atom is -0.481 e. The number of unbranched alkanes of at least 4 members (excludes halogenated alkanes) is 1. The van der Waals surface area contributed by atoms with Gasteiger partial charge in [0.05, 0.1) is 5.92 Å². The average molecular weight is 268 g/mol. The van der Waals surface area contributed by atoms with Gasteiger partial charge in [-0.25, -0.2) is 4.79 Å². The number of hydrogen-bond donors (Lipinski definition) is 2. The molecule has 0 bridgehead atoms. The third kappa shape index (κ3) is 5.32. The number of carboxylic acids is 1. The Morgan fingerprint density at radius 3 is 2.63 bits per heavy atom. The van der Waals surface area contributed by atoms with E-state index in [4.69, 9.17) is 5.11 Å². The lowest BCUT2D eigenvalue weighted by Gasteiger charge is -2.31. The van der Waals surface area contributed by atoms with Gasteiger partial charge in [-0.3, -0.25) is 4.79 Å². The summed E-state index contributed by atoms with van der Waals surface area (Å²) in [6.07, 6.45) is 5.89. The number of nitrogens with one attached hydrogen (secondary N) is 1. The smallest absolute Gasteiger partial charge is 0.317 e. The van der Waals surface area contributed by atoms with Crippen molar-refractivity contribution in [1.82, 2.24) is 10.2 Å². The highest BCUT2D eigenvalue weighted by atomic mass is 16.4. The van der Waals surface area contributed by atoms with Gasteiger partial charge in [-0.2, -0.15) is 0 Å². The molecule has 1 saturated heterocycles. The van der Waals surface area contributed by atoms with Crippen molar-refractivity contribution in [3.05, 3.63) is 12.7 Å². The third-order valence-electron chi connectivity index (χ3n) is 3.55. The van der Waals surface area contributed by atoms with Crippen LogP contribution in [0.25, 0.3) is 0 Å². The van der Waals surface area contributed by atoms with Gasteiger partial charge in [0.1, 0.15) is 0 Å². The van der Waals surface area contributed by atoms with Crippen LogP contribution in [-0.2, 0) is 4.79 Å². The van der Waals surface area contributed by atoms with Gasteiger partial charge in [0.25, 0.3) is 0 Å². The molecule has 2 amide bonds. The molecule has 0 aromatic carbocycles. The predicted molar refractivity (Wildman–Crippen MR) is 74.0 cm³/mol. The quantitative estimate of drug-likeness (QED) is 0.573. The maximum Gasteiger partial charge on any atom is 0.317 e. The number of likely N-dealkylation sites (tertiary alicyclic amines) is 1. The molecule has 0 saturated carbocycles. The standard InChI is InChI=1S/C14H24N2O3/c1-3-4-5-6-11(2)15-14(19)16-9-7-12(8-10-16)13(17)18/h3,11-12H,1,4-10H2,2H3,(H,15,19)(H,17,18). The molecule has 5 nitrogen and oxygen atoms in total. The normalized spacial score (nSPS) is 17.8. The number of piperidine rings is 1. The molecule has 1 unspecified atom stereocenters.